The topological polar surface area (TPSA) is 27.7 Å². The Morgan fingerprint density at radius 3 is 2.56 bits per heavy atom. The SMILES string of the molecule is CNC1CCOCC1N1CCC(CN(C)C)CC1. The molecule has 4 heteroatoms. The number of likely N-dealkylation sites (tertiary alicyclic amines) is 1. The van der Waals surface area contributed by atoms with Gasteiger partial charge in [-0.05, 0) is 59.4 Å². The number of piperidine rings is 1. The monoisotopic (exact) mass is 255 g/mol. The van der Waals surface area contributed by atoms with E-state index < -0.39 is 0 Å². The number of hydrogen-bond donors (Lipinski definition) is 1. The summed E-state index contributed by atoms with van der Waals surface area (Å²) in [7, 11) is 6.44. The minimum absolute atomic E-state index is 0.587. The van der Waals surface area contributed by atoms with Crippen LogP contribution in [0.15, 0.2) is 0 Å². The molecule has 2 unspecified atom stereocenters. The Bertz CT molecular complexity index is 239. The quantitative estimate of drug-likeness (QED) is 0.798. The van der Waals surface area contributed by atoms with Gasteiger partial charge in [0.25, 0.3) is 0 Å². The highest BCUT2D eigenvalue weighted by atomic mass is 16.5. The molecular formula is C14H29N3O. The van der Waals surface area contributed by atoms with Crippen molar-refractivity contribution in [2.45, 2.75) is 31.3 Å². The summed E-state index contributed by atoms with van der Waals surface area (Å²) in [6, 6.07) is 1.20. The third-order valence-electron chi connectivity index (χ3n) is 4.44. The van der Waals surface area contributed by atoms with E-state index in [0.29, 0.717) is 12.1 Å². The molecule has 1 N–H and O–H groups in total. The maximum absolute atomic E-state index is 5.67. The van der Waals surface area contributed by atoms with E-state index in [0.717, 1.165) is 25.6 Å². The summed E-state index contributed by atoms with van der Waals surface area (Å²) in [6.45, 7) is 5.54. The molecule has 2 saturated heterocycles. The van der Waals surface area contributed by atoms with Gasteiger partial charge < -0.3 is 15.0 Å². The molecule has 106 valence electrons. The maximum Gasteiger partial charge on any atom is 0.0637 e. The second-order valence-corrected chi connectivity index (χ2v) is 6.07. The Kier molecular flexibility index (Phi) is 5.42. The van der Waals surface area contributed by atoms with Crippen LogP contribution < -0.4 is 5.32 Å². The summed E-state index contributed by atoms with van der Waals surface area (Å²) < 4.78 is 5.67. The van der Waals surface area contributed by atoms with Crippen LogP contribution in [0, 0.1) is 5.92 Å². The van der Waals surface area contributed by atoms with Gasteiger partial charge in [-0.25, -0.2) is 0 Å². The second-order valence-electron chi connectivity index (χ2n) is 6.07. The summed E-state index contributed by atoms with van der Waals surface area (Å²) in [6.07, 6.45) is 3.83. The molecule has 0 amide bonds. The molecule has 2 atom stereocenters. The summed E-state index contributed by atoms with van der Waals surface area (Å²) in [5.41, 5.74) is 0. The van der Waals surface area contributed by atoms with Crippen molar-refractivity contribution in [1.29, 1.82) is 0 Å². The molecule has 2 aliphatic rings. The number of ether oxygens (including phenoxy) is 1. The minimum Gasteiger partial charge on any atom is -0.380 e. The Hall–Kier alpha value is -0.160. The lowest BCUT2D eigenvalue weighted by Crippen LogP contribution is -2.56. The number of hydrogen-bond acceptors (Lipinski definition) is 4. The maximum atomic E-state index is 5.67. The van der Waals surface area contributed by atoms with E-state index in [-0.39, 0.29) is 0 Å². The zero-order valence-corrected chi connectivity index (χ0v) is 12.2. The average molecular weight is 255 g/mol. The predicted octanol–water partition coefficient (Wildman–Crippen LogP) is 0.637. The Labute approximate surface area is 112 Å². The van der Waals surface area contributed by atoms with E-state index >= 15 is 0 Å². The first kappa shape index (κ1) is 14.3. The van der Waals surface area contributed by atoms with Crippen molar-refractivity contribution in [3.05, 3.63) is 0 Å². The van der Waals surface area contributed by atoms with Gasteiger partial charge >= 0.3 is 0 Å². The van der Waals surface area contributed by atoms with Gasteiger partial charge in [0.05, 0.1) is 6.61 Å². The smallest absolute Gasteiger partial charge is 0.0637 e. The molecule has 2 fully saturated rings. The van der Waals surface area contributed by atoms with Crippen LogP contribution in [0.5, 0.6) is 0 Å². The molecule has 0 spiro atoms. The summed E-state index contributed by atoms with van der Waals surface area (Å²) in [5.74, 6) is 0.883. The van der Waals surface area contributed by atoms with Gasteiger partial charge in [0.15, 0.2) is 0 Å². The highest BCUT2D eigenvalue weighted by Gasteiger charge is 2.32. The predicted molar refractivity (Wildman–Crippen MR) is 74.9 cm³/mol. The Morgan fingerprint density at radius 2 is 1.94 bits per heavy atom. The first-order chi connectivity index (χ1) is 8.70. The first-order valence-corrected chi connectivity index (χ1v) is 7.34. The first-order valence-electron chi connectivity index (χ1n) is 7.34. The fourth-order valence-electron chi connectivity index (χ4n) is 3.40. The van der Waals surface area contributed by atoms with Crippen molar-refractivity contribution in [1.82, 2.24) is 15.1 Å². The van der Waals surface area contributed by atoms with Crippen molar-refractivity contribution in [3.63, 3.8) is 0 Å². The molecule has 0 aliphatic carbocycles. The lowest BCUT2D eigenvalue weighted by molar-refractivity contribution is -0.0143. The second kappa shape index (κ2) is 6.85. The minimum atomic E-state index is 0.587. The highest BCUT2D eigenvalue weighted by molar-refractivity contribution is 4.89. The molecule has 2 aliphatic heterocycles. The van der Waals surface area contributed by atoms with Gasteiger partial charge in [-0.1, -0.05) is 0 Å². The number of nitrogens with zero attached hydrogens (tertiary/aromatic N) is 2. The summed E-state index contributed by atoms with van der Waals surface area (Å²) >= 11 is 0. The molecule has 0 aromatic carbocycles. The van der Waals surface area contributed by atoms with Gasteiger partial charge in [-0.3, -0.25) is 4.90 Å². The molecule has 0 aromatic rings. The lowest BCUT2D eigenvalue weighted by Gasteiger charge is -2.43. The Morgan fingerprint density at radius 1 is 1.22 bits per heavy atom. The number of likely N-dealkylation sites (N-methyl/N-ethyl adjacent to an activating group) is 1. The lowest BCUT2D eigenvalue weighted by atomic mass is 9.93. The van der Waals surface area contributed by atoms with Crippen LogP contribution >= 0.6 is 0 Å². The fourth-order valence-corrected chi connectivity index (χ4v) is 3.40. The van der Waals surface area contributed by atoms with E-state index in [1.54, 1.807) is 0 Å². The van der Waals surface area contributed by atoms with Crippen molar-refractivity contribution in [2.24, 2.45) is 5.92 Å². The van der Waals surface area contributed by atoms with Gasteiger partial charge in [0, 0.05) is 25.2 Å². The molecule has 0 bridgehead atoms. The van der Waals surface area contributed by atoms with E-state index in [1.807, 2.05) is 0 Å². The van der Waals surface area contributed by atoms with Crippen molar-refractivity contribution >= 4 is 0 Å². The molecule has 4 nitrogen and oxygen atoms in total. The van der Waals surface area contributed by atoms with Crippen molar-refractivity contribution in [2.75, 3.05) is 54.0 Å². The summed E-state index contributed by atoms with van der Waals surface area (Å²) in [5, 5.41) is 3.46. The van der Waals surface area contributed by atoms with Crippen LogP contribution in [0.1, 0.15) is 19.3 Å². The van der Waals surface area contributed by atoms with Crippen LogP contribution in [-0.2, 0) is 4.74 Å². The molecule has 2 heterocycles. The van der Waals surface area contributed by atoms with E-state index in [2.05, 4.69) is 36.3 Å². The summed E-state index contributed by atoms with van der Waals surface area (Å²) in [4.78, 5) is 4.97. The van der Waals surface area contributed by atoms with Gasteiger partial charge in [0.2, 0.25) is 0 Å². The zero-order valence-electron chi connectivity index (χ0n) is 12.2. The number of nitrogens with one attached hydrogen (secondary N) is 1. The molecule has 18 heavy (non-hydrogen) atoms. The third kappa shape index (κ3) is 3.67. The van der Waals surface area contributed by atoms with E-state index in [1.165, 1.54) is 32.5 Å². The number of rotatable bonds is 4. The third-order valence-corrected chi connectivity index (χ3v) is 4.44. The Balaban J connectivity index is 1.81. The van der Waals surface area contributed by atoms with Gasteiger partial charge in [0.1, 0.15) is 0 Å². The van der Waals surface area contributed by atoms with Gasteiger partial charge in [-0.2, -0.15) is 0 Å². The molecule has 2 rings (SSSR count). The van der Waals surface area contributed by atoms with E-state index in [9.17, 15) is 0 Å². The van der Waals surface area contributed by atoms with Crippen LogP contribution in [0.4, 0.5) is 0 Å². The van der Waals surface area contributed by atoms with Crippen LogP contribution in [0.2, 0.25) is 0 Å². The van der Waals surface area contributed by atoms with Crippen LogP contribution in [-0.4, -0.2) is 75.9 Å². The van der Waals surface area contributed by atoms with Gasteiger partial charge in [-0.15, -0.1) is 0 Å². The zero-order chi connectivity index (χ0) is 13.0. The van der Waals surface area contributed by atoms with Crippen molar-refractivity contribution in [3.8, 4) is 0 Å². The van der Waals surface area contributed by atoms with Crippen LogP contribution in [0.25, 0.3) is 0 Å². The largest absolute Gasteiger partial charge is 0.380 e. The van der Waals surface area contributed by atoms with Crippen LogP contribution in [0.3, 0.4) is 0 Å². The highest BCUT2D eigenvalue weighted by Crippen LogP contribution is 2.23. The average Bonchev–Trinajstić information content (AvgIpc) is 2.39. The molecule has 0 aromatic heterocycles. The molecule has 0 radical (unpaired) electrons. The molecular weight excluding hydrogens is 226 g/mol. The van der Waals surface area contributed by atoms with E-state index in [4.69, 9.17) is 4.74 Å². The molecule has 0 saturated carbocycles. The fraction of sp³-hybridized carbons (Fsp3) is 1.00. The van der Waals surface area contributed by atoms with Crippen molar-refractivity contribution < 1.29 is 4.74 Å². The normalized spacial score (nSPS) is 32.0. The standard InChI is InChI=1S/C14H29N3O/c1-15-13-6-9-18-11-14(13)17-7-4-12(5-8-17)10-16(2)3/h12-15H,4-11H2,1-3H3.